The van der Waals surface area contributed by atoms with E-state index in [4.69, 9.17) is 19.9 Å². The third-order valence-electron chi connectivity index (χ3n) is 10.3. The van der Waals surface area contributed by atoms with Crippen LogP contribution in [0.5, 0.6) is 0 Å². The maximum absolute atomic E-state index is 14.8. The summed E-state index contributed by atoms with van der Waals surface area (Å²) in [5, 5.41) is 17.4. The van der Waals surface area contributed by atoms with Crippen LogP contribution in [0.2, 0.25) is 0 Å². The van der Waals surface area contributed by atoms with Crippen LogP contribution in [0.25, 0.3) is 11.2 Å². The van der Waals surface area contributed by atoms with Crippen molar-refractivity contribution >= 4 is 30.4 Å². The summed E-state index contributed by atoms with van der Waals surface area (Å²) in [7, 11) is -3.75. The number of nitrogen functional groups attached to an aromatic ring is 1. The second-order valence-electron chi connectivity index (χ2n) is 17.2. The average Bonchev–Trinajstić information content (AvgIpc) is 3.41. The minimum absolute atomic E-state index is 0.278. The van der Waals surface area contributed by atoms with Crippen LogP contribution in [0.15, 0.2) is 12.7 Å². The van der Waals surface area contributed by atoms with E-state index in [0.717, 1.165) is 51.4 Å². The Morgan fingerprint density at radius 2 is 1.55 bits per heavy atom. The second-order valence-corrected chi connectivity index (χ2v) is 19.4. The highest BCUT2D eigenvalue weighted by Crippen LogP contribution is 2.44. The molecule has 0 spiro atoms. The molecule has 0 bridgehead atoms. The third-order valence-corrected chi connectivity index (χ3v) is 12.7. The Hall–Kier alpha value is -2.15. The van der Waals surface area contributed by atoms with Gasteiger partial charge in [0.2, 0.25) is 7.44 Å². The third kappa shape index (κ3) is 11.2. The van der Waals surface area contributed by atoms with Gasteiger partial charge in [-0.1, -0.05) is 27.7 Å². The zero-order valence-electron chi connectivity index (χ0n) is 31.3. The van der Waals surface area contributed by atoms with Gasteiger partial charge in [0.15, 0.2) is 17.8 Å². The van der Waals surface area contributed by atoms with Gasteiger partial charge in [0.25, 0.3) is 0 Å². The monoisotopic (exact) mass is 707 g/mol. The summed E-state index contributed by atoms with van der Waals surface area (Å²) in [6.45, 7) is 18.8. The lowest BCUT2D eigenvalue weighted by molar-refractivity contribution is -0.152. The van der Waals surface area contributed by atoms with Crippen LogP contribution in [0.3, 0.4) is 0 Å². The summed E-state index contributed by atoms with van der Waals surface area (Å²) in [4.78, 5) is 26.1. The van der Waals surface area contributed by atoms with Crippen LogP contribution < -0.4 is 15.9 Å². The average molecular weight is 708 g/mol. The highest BCUT2D eigenvalue weighted by molar-refractivity contribution is 7.59. The van der Waals surface area contributed by atoms with Gasteiger partial charge in [-0.25, -0.2) is 25.1 Å². The predicted molar refractivity (Wildman–Crippen MR) is 192 cm³/mol. The first kappa shape index (κ1) is 39.6. The summed E-state index contributed by atoms with van der Waals surface area (Å²) in [5.74, 6) is 0.455. The van der Waals surface area contributed by atoms with Crippen molar-refractivity contribution in [2.75, 3.05) is 25.3 Å². The molecule has 0 aliphatic heterocycles. The molecule has 4 rings (SSSR count). The fourth-order valence-electron chi connectivity index (χ4n) is 6.77. The maximum atomic E-state index is 14.8. The molecule has 2 aromatic rings. The molecule has 5 N–H and O–H groups in total. The van der Waals surface area contributed by atoms with E-state index >= 15 is 0 Å². The molecule has 278 valence electrons. The molecule has 49 heavy (non-hydrogen) atoms. The maximum Gasteiger partial charge on any atom is 0.326 e. The van der Waals surface area contributed by atoms with Crippen molar-refractivity contribution in [1.82, 2.24) is 29.7 Å². The Morgan fingerprint density at radius 1 is 0.980 bits per heavy atom. The van der Waals surface area contributed by atoms with E-state index in [2.05, 4.69) is 52.8 Å². The van der Waals surface area contributed by atoms with Gasteiger partial charge in [0, 0.05) is 0 Å². The topological polar surface area (TPSA) is 176 Å². The number of nitrogens with two attached hydrogens (primary N) is 1. The van der Waals surface area contributed by atoms with Crippen LogP contribution >= 0.6 is 7.44 Å². The first-order chi connectivity index (χ1) is 22.7. The van der Waals surface area contributed by atoms with E-state index < -0.39 is 36.9 Å². The minimum Gasteiger partial charge on any atom is -0.464 e. The lowest BCUT2D eigenvalue weighted by Gasteiger charge is -2.39. The highest BCUT2D eigenvalue weighted by atomic mass is 31.2. The number of nitrogens with zero attached hydrogens (tertiary/aromatic N) is 4. The van der Waals surface area contributed by atoms with Crippen molar-refractivity contribution in [3.05, 3.63) is 12.7 Å². The van der Waals surface area contributed by atoms with E-state index in [-0.39, 0.29) is 12.2 Å². The van der Waals surface area contributed by atoms with Crippen LogP contribution in [0.1, 0.15) is 114 Å². The Kier molecular flexibility index (Phi) is 12.6. The number of esters is 1. The van der Waals surface area contributed by atoms with E-state index in [0.29, 0.717) is 53.6 Å². The summed E-state index contributed by atoms with van der Waals surface area (Å²) in [5.41, 5.74) is 5.18. The molecule has 0 amide bonds. The molecule has 0 aromatic carbocycles. The van der Waals surface area contributed by atoms with Gasteiger partial charge >= 0.3 is 5.97 Å². The molecule has 2 unspecified atom stereocenters. The number of aliphatic hydroxyl groups is 1. The SMILES string of the molecule is C[C@H](Cn1cnc2c(N)ncnc21)OCP(=O)(NC(C)(C)C(=O)OCC1CCC(C)(C)CC1)NC(C)(C)C(O)OCC1CCC(C)(C)CC1. The van der Waals surface area contributed by atoms with Gasteiger partial charge in [0.1, 0.15) is 23.7 Å². The first-order valence-corrected chi connectivity index (χ1v) is 19.8. The van der Waals surface area contributed by atoms with Crippen molar-refractivity contribution in [2.45, 2.75) is 144 Å². The highest BCUT2D eigenvalue weighted by Gasteiger charge is 2.43. The van der Waals surface area contributed by atoms with Gasteiger partial charge < -0.3 is 29.6 Å². The van der Waals surface area contributed by atoms with Gasteiger partial charge in [-0.05, 0) is 109 Å². The second kappa shape index (κ2) is 15.6. The summed E-state index contributed by atoms with van der Waals surface area (Å²) >= 11 is 0. The Balaban J connectivity index is 1.43. The van der Waals surface area contributed by atoms with E-state index in [9.17, 15) is 14.5 Å². The van der Waals surface area contributed by atoms with Gasteiger partial charge in [-0.3, -0.25) is 9.36 Å². The molecule has 2 aliphatic carbocycles. The number of carbonyl (C=O) groups is 1. The van der Waals surface area contributed by atoms with E-state index in [1.165, 1.54) is 6.33 Å². The fraction of sp³-hybridized carbons (Fsp3) is 0.829. The quantitative estimate of drug-likeness (QED) is 0.0910. The van der Waals surface area contributed by atoms with Gasteiger partial charge in [-0.15, -0.1) is 0 Å². The number of fused-ring (bicyclic) bond motifs is 1. The van der Waals surface area contributed by atoms with Crippen LogP contribution in [-0.2, 0) is 30.1 Å². The van der Waals surface area contributed by atoms with Crippen LogP contribution in [0, 0.1) is 22.7 Å². The molecule has 3 atom stereocenters. The van der Waals surface area contributed by atoms with E-state index in [1.807, 2.05) is 6.92 Å². The number of aromatic nitrogens is 4. The number of rotatable bonds is 16. The molecule has 2 fully saturated rings. The standard InChI is InChI=1S/C35H62N7O6P/c1-24(18-42-22-39-27-28(36)37-21-38-29(27)42)48-23-49(45,40-34(6,7)30(43)46-19-25-10-14-32(2,3)15-11-25)41-35(8,9)31(44)47-20-26-12-16-33(4,5)17-13-26/h21-22,24-26,30,43H,10-20,23H2,1-9H3,(H2,36,37,38)(H2,40,41,45)/t24-,30?,49?/m1/s1. The lowest BCUT2D eigenvalue weighted by Crippen LogP contribution is -2.55. The first-order valence-electron chi connectivity index (χ1n) is 17.9. The van der Waals surface area contributed by atoms with Crippen LogP contribution in [-0.4, -0.2) is 73.6 Å². The fourth-order valence-corrected chi connectivity index (χ4v) is 9.45. The Morgan fingerprint density at radius 3 is 2.14 bits per heavy atom. The molecule has 13 nitrogen and oxygen atoms in total. The van der Waals surface area contributed by atoms with Crippen molar-refractivity contribution in [3.63, 3.8) is 0 Å². The smallest absolute Gasteiger partial charge is 0.326 e. The number of anilines is 1. The van der Waals surface area contributed by atoms with Crippen molar-refractivity contribution in [1.29, 1.82) is 0 Å². The van der Waals surface area contributed by atoms with Crippen molar-refractivity contribution < 1.29 is 28.7 Å². The number of carbonyl (C=O) groups excluding carboxylic acids is 1. The molecule has 2 heterocycles. The number of aliphatic hydroxyl groups excluding tert-OH is 1. The normalized spacial score (nSPS) is 21.7. The van der Waals surface area contributed by atoms with Gasteiger partial charge in [0.05, 0.1) is 37.7 Å². The number of imidazole rings is 1. The number of hydrogen-bond donors (Lipinski definition) is 4. The van der Waals surface area contributed by atoms with Crippen molar-refractivity contribution in [2.24, 2.45) is 22.7 Å². The molecule has 14 heteroatoms. The summed E-state index contributed by atoms with van der Waals surface area (Å²) in [6, 6.07) is 0. The molecular weight excluding hydrogens is 645 g/mol. The lowest BCUT2D eigenvalue weighted by atomic mass is 9.73. The van der Waals surface area contributed by atoms with Crippen LogP contribution in [0.4, 0.5) is 5.82 Å². The Labute approximate surface area is 292 Å². The Bertz CT molecular complexity index is 1440. The molecule has 2 saturated carbocycles. The summed E-state index contributed by atoms with van der Waals surface area (Å²) in [6.07, 6.45) is 9.55. The predicted octanol–water partition coefficient (Wildman–Crippen LogP) is 6.01. The molecule has 2 aromatic heterocycles. The zero-order valence-corrected chi connectivity index (χ0v) is 32.1. The molecular formula is C35H62N7O6P. The summed E-state index contributed by atoms with van der Waals surface area (Å²) < 4.78 is 34.6. The number of ether oxygens (including phenoxy) is 3. The minimum atomic E-state index is -3.75. The zero-order chi connectivity index (χ0) is 36.3. The number of nitrogens with one attached hydrogen (secondary N) is 2. The van der Waals surface area contributed by atoms with Gasteiger partial charge in [-0.2, -0.15) is 0 Å². The van der Waals surface area contributed by atoms with E-state index in [1.54, 1.807) is 38.6 Å². The van der Waals surface area contributed by atoms with Crippen molar-refractivity contribution in [3.8, 4) is 0 Å². The number of hydrogen-bond acceptors (Lipinski definition) is 10. The molecule has 0 saturated heterocycles. The molecule has 0 radical (unpaired) electrons. The molecule has 2 aliphatic rings. The largest absolute Gasteiger partial charge is 0.464 e.